The fourth-order valence-corrected chi connectivity index (χ4v) is 2.30. The van der Waals surface area contributed by atoms with Crippen molar-refractivity contribution >= 4 is 16.3 Å². The fourth-order valence-electron chi connectivity index (χ4n) is 2.30. The van der Waals surface area contributed by atoms with Gasteiger partial charge in [0.1, 0.15) is 18.2 Å². The SMILES string of the molecule is CC1(C)CO/C(=C(/C#N)c2nccc3ccccc23)N1. The van der Waals surface area contributed by atoms with Gasteiger partial charge >= 0.3 is 0 Å². The standard InChI is InChI=1S/C16H15N3O/c1-16(2)10-20-15(19-16)13(9-17)14-12-6-4-3-5-11(12)7-8-18-14/h3-8,19H,10H2,1-2H3/b15-13-. The minimum absolute atomic E-state index is 0.165. The van der Waals surface area contributed by atoms with Crippen LogP contribution >= 0.6 is 0 Å². The Hall–Kier alpha value is -2.54. The van der Waals surface area contributed by atoms with Crippen molar-refractivity contribution in [3.63, 3.8) is 0 Å². The smallest absolute Gasteiger partial charge is 0.207 e. The van der Waals surface area contributed by atoms with Gasteiger partial charge in [-0.05, 0) is 25.3 Å². The number of hydrogen-bond donors (Lipinski definition) is 1. The maximum Gasteiger partial charge on any atom is 0.207 e. The predicted octanol–water partition coefficient (Wildman–Crippen LogP) is 2.83. The van der Waals surface area contributed by atoms with E-state index < -0.39 is 0 Å². The Kier molecular flexibility index (Phi) is 2.83. The number of aromatic nitrogens is 1. The third-order valence-corrected chi connectivity index (χ3v) is 3.28. The highest BCUT2D eigenvalue weighted by molar-refractivity contribution is 5.95. The first-order chi connectivity index (χ1) is 9.61. The van der Waals surface area contributed by atoms with Crippen molar-refractivity contribution in [2.45, 2.75) is 19.4 Å². The molecule has 0 aliphatic carbocycles. The van der Waals surface area contributed by atoms with Gasteiger partial charge in [-0.3, -0.25) is 4.98 Å². The van der Waals surface area contributed by atoms with E-state index in [9.17, 15) is 5.26 Å². The summed E-state index contributed by atoms with van der Waals surface area (Å²) in [6, 6.07) is 12.0. The topological polar surface area (TPSA) is 57.9 Å². The molecule has 0 radical (unpaired) electrons. The Morgan fingerprint density at radius 1 is 1.35 bits per heavy atom. The molecule has 0 saturated carbocycles. The van der Waals surface area contributed by atoms with Crippen molar-refractivity contribution in [2.24, 2.45) is 0 Å². The molecule has 1 aliphatic rings. The minimum Gasteiger partial charge on any atom is -0.476 e. The summed E-state index contributed by atoms with van der Waals surface area (Å²) in [7, 11) is 0. The molecule has 1 fully saturated rings. The van der Waals surface area contributed by atoms with Gasteiger partial charge in [-0.25, -0.2) is 0 Å². The summed E-state index contributed by atoms with van der Waals surface area (Å²) >= 11 is 0. The molecule has 0 unspecified atom stereocenters. The Balaban J connectivity index is 2.19. The summed E-state index contributed by atoms with van der Waals surface area (Å²) in [5.41, 5.74) is 0.945. The molecule has 1 aromatic heterocycles. The molecule has 0 amide bonds. The van der Waals surface area contributed by atoms with Gasteiger partial charge in [0.15, 0.2) is 0 Å². The molecule has 1 N–H and O–H groups in total. The third-order valence-electron chi connectivity index (χ3n) is 3.28. The number of ether oxygens (including phenoxy) is 1. The molecule has 4 heteroatoms. The fraction of sp³-hybridized carbons (Fsp3) is 0.250. The second-order valence-electron chi connectivity index (χ2n) is 5.49. The van der Waals surface area contributed by atoms with E-state index >= 15 is 0 Å². The number of nitriles is 1. The molecule has 2 heterocycles. The van der Waals surface area contributed by atoms with Crippen molar-refractivity contribution in [3.8, 4) is 6.07 Å². The van der Waals surface area contributed by atoms with E-state index in [4.69, 9.17) is 4.74 Å². The first kappa shape index (κ1) is 12.5. The van der Waals surface area contributed by atoms with Crippen molar-refractivity contribution in [1.29, 1.82) is 5.26 Å². The molecule has 0 atom stereocenters. The van der Waals surface area contributed by atoms with Crippen LogP contribution in [0.15, 0.2) is 42.4 Å². The maximum absolute atomic E-state index is 9.50. The van der Waals surface area contributed by atoms with Crippen LogP contribution in [-0.2, 0) is 4.74 Å². The Morgan fingerprint density at radius 2 is 2.15 bits per heavy atom. The van der Waals surface area contributed by atoms with Crippen LogP contribution in [0.5, 0.6) is 0 Å². The molecule has 1 saturated heterocycles. The van der Waals surface area contributed by atoms with Crippen molar-refractivity contribution < 1.29 is 4.74 Å². The van der Waals surface area contributed by atoms with Gasteiger partial charge in [-0.2, -0.15) is 5.26 Å². The first-order valence-corrected chi connectivity index (χ1v) is 6.50. The Labute approximate surface area is 117 Å². The van der Waals surface area contributed by atoms with Crippen molar-refractivity contribution in [2.75, 3.05) is 6.61 Å². The summed E-state index contributed by atoms with van der Waals surface area (Å²) < 4.78 is 5.63. The zero-order valence-corrected chi connectivity index (χ0v) is 11.5. The van der Waals surface area contributed by atoms with Gasteiger partial charge in [0.05, 0.1) is 11.2 Å². The van der Waals surface area contributed by atoms with E-state index in [2.05, 4.69) is 16.4 Å². The lowest BCUT2D eigenvalue weighted by atomic mass is 10.0. The van der Waals surface area contributed by atoms with Crippen LogP contribution in [0.2, 0.25) is 0 Å². The highest BCUT2D eigenvalue weighted by atomic mass is 16.5. The lowest BCUT2D eigenvalue weighted by Gasteiger charge is -2.14. The summed E-state index contributed by atoms with van der Waals surface area (Å²) in [5.74, 6) is 0.515. The predicted molar refractivity (Wildman–Crippen MR) is 77.4 cm³/mol. The number of benzene rings is 1. The number of fused-ring (bicyclic) bond motifs is 1. The molecule has 0 bridgehead atoms. The highest BCUT2D eigenvalue weighted by Gasteiger charge is 2.30. The summed E-state index contributed by atoms with van der Waals surface area (Å²) in [4.78, 5) is 4.37. The van der Waals surface area contributed by atoms with E-state index in [-0.39, 0.29) is 5.54 Å². The number of allylic oxidation sites excluding steroid dienone is 1. The maximum atomic E-state index is 9.50. The van der Waals surface area contributed by atoms with Crippen LogP contribution in [0.25, 0.3) is 16.3 Å². The summed E-state index contributed by atoms with van der Waals surface area (Å²) in [6.45, 7) is 4.61. The van der Waals surface area contributed by atoms with Crippen LogP contribution in [-0.4, -0.2) is 17.1 Å². The normalized spacial score (nSPS) is 19.1. The molecule has 1 aliphatic heterocycles. The van der Waals surface area contributed by atoms with Crippen LogP contribution in [0.1, 0.15) is 19.5 Å². The molecule has 0 spiro atoms. The second kappa shape index (κ2) is 4.53. The summed E-state index contributed by atoms with van der Waals surface area (Å²) in [6.07, 6.45) is 1.72. The van der Waals surface area contributed by atoms with E-state index in [0.717, 1.165) is 10.8 Å². The lowest BCUT2D eigenvalue weighted by Crippen LogP contribution is -2.34. The number of rotatable bonds is 1. The Morgan fingerprint density at radius 3 is 2.85 bits per heavy atom. The lowest BCUT2D eigenvalue weighted by molar-refractivity contribution is 0.238. The zero-order valence-electron chi connectivity index (χ0n) is 11.5. The van der Waals surface area contributed by atoms with Gasteiger partial charge in [-0.15, -0.1) is 0 Å². The number of nitrogens with zero attached hydrogens (tertiary/aromatic N) is 2. The molecular formula is C16H15N3O. The largest absolute Gasteiger partial charge is 0.476 e. The van der Waals surface area contributed by atoms with Gasteiger partial charge in [0, 0.05) is 11.6 Å². The van der Waals surface area contributed by atoms with Gasteiger partial charge in [0.25, 0.3) is 0 Å². The quantitative estimate of drug-likeness (QED) is 0.805. The monoisotopic (exact) mass is 265 g/mol. The van der Waals surface area contributed by atoms with E-state index in [0.29, 0.717) is 23.8 Å². The van der Waals surface area contributed by atoms with Crippen molar-refractivity contribution in [3.05, 3.63) is 48.1 Å². The zero-order chi connectivity index (χ0) is 14.2. The molecule has 1 aromatic carbocycles. The molecule has 2 aromatic rings. The first-order valence-electron chi connectivity index (χ1n) is 6.50. The summed E-state index contributed by atoms with van der Waals surface area (Å²) in [5, 5.41) is 14.8. The molecule has 20 heavy (non-hydrogen) atoms. The molecular weight excluding hydrogens is 250 g/mol. The highest BCUT2D eigenvalue weighted by Crippen LogP contribution is 2.28. The minimum atomic E-state index is -0.165. The molecule has 3 rings (SSSR count). The van der Waals surface area contributed by atoms with E-state index in [1.807, 2.05) is 44.2 Å². The number of pyridine rings is 1. The van der Waals surface area contributed by atoms with E-state index in [1.165, 1.54) is 0 Å². The van der Waals surface area contributed by atoms with Gasteiger partial charge < -0.3 is 10.1 Å². The van der Waals surface area contributed by atoms with Gasteiger partial charge in [-0.1, -0.05) is 24.3 Å². The number of hydrogen-bond acceptors (Lipinski definition) is 4. The third kappa shape index (κ3) is 2.08. The van der Waals surface area contributed by atoms with Crippen molar-refractivity contribution in [1.82, 2.24) is 10.3 Å². The Bertz CT molecular complexity index is 735. The van der Waals surface area contributed by atoms with Crippen LogP contribution in [0, 0.1) is 11.3 Å². The van der Waals surface area contributed by atoms with Crippen LogP contribution < -0.4 is 5.32 Å². The van der Waals surface area contributed by atoms with E-state index in [1.54, 1.807) is 6.20 Å². The van der Waals surface area contributed by atoms with Gasteiger partial charge in [0.2, 0.25) is 5.88 Å². The average molecular weight is 265 g/mol. The van der Waals surface area contributed by atoms with Crippen LogP contribution in [0.3, 0.4) is 0 Å². The molecule has 100 valence electrons. The second-order valence-corrected chi connectivity index (χ2v) is 5.49. The molecule has 4 nitrogen and oxygen atoms in total. The number of nitrogens with one attached hydrogen (secondary N) is 1. The average Bonchev–Trinajstić information content (AvgIpc) is 2.80. The van der Waals surface area contributed by atoms with Crippen LogP contribution in [0.4, 0.5) is 0 Å².